The number of benzene rings is 2. The zero-order chi connectivity index (χ0) is 21.7. The molecule has 2 aromatic carbocycles. The molecule has 3 amide bonds. The van der Waals surface area contributed by atoms with E-state index in [1.54, 1.807) is 30.2 Å². The van der Waals surface area contributed by atoms with E-state index in [0.717, 1.165) is 0 Å². The van der Waals surface area contributed by atoms with E-state index in [1.165, 1.54) is 26.2 Å². The average molecular weight is 415 g/mol. The lowest BCUT2D eigenvalue weighted by atomic mass is 10.2. The molecular weight excluding hydrogens is 390 g/mol. The molecule has 0 aliphatic carbocycles. The average Bonchev–Trinajstić information content (AvgIpc) is 3.12. The second-order valence-electron chi connectivity index (χ2n) is 6.49. The second-order valence-corrected chi connectivity index (χ2v) is 6.49. The molecule has 30 heavy (non-hydrogen) atoms. The quantitative estimate of drug-likeness (QED) is 0.713. The summed E-state index contributed by atoms with van der Waals surface area (Å²) in [5, 5.41) is 2.78. The summed E-state index contributed by atoms with van der Waals surface area (Å²) in [6.07, 6.45) is 0. The van der Waals surface area contributed by atoms with Crippen molar-refractivity contribution in [2.24, 2.45) is 0 Å². The topological polar surface area (TPSA) is 89.6 Å². The number of hydrogen-bond acceptors (Lipinski definition) is 6. The third kappa shape index (κ3) is 4.19. The number of nitrogens with zero attached hydrogens (tertiary/aromatic N) is 2. The fraction of sp³-hybridized carbons (Fsp3) is 0.333. The largest absolute Gasteiger partial charge is 0.495 e. The molecule has 3 rings (SSSR count). The predicted octanol–water partition coefficient (Wildman–Crippen LogP) is 2.60. The van der Waals surface area contributed by atoms with Crippen LogP contribution < -0.4 is 29.2 Å². The number of carbonyl (C=O) groups is 2. The minimum atomic E-state index is -0.334. The van der Waals surface area contributed by atoms with Gasteiger partial charge in [-0.15, -0.1) is 0 Å². The van der Waals surface area contributed by atoms with Crippen molar-refractivity contribution in [3.05, 3.63) is 36.4 Å². The lowest BCUT2D eigenvalue weighted by Gasteiger charge is -2.20. The molecule has 1 aliphatic heterocycles. The molecule has 1 saturated heterocycles. The van der Waals surface area contributed by atoms with Gasteiger partial charge in [-0.3, -0.25) is 9.69 Å². The first-order valence-corrected chi connectivity index (χ1v) is 9.31. The first kappa shape index (κ1) is 21.1. The number of nitrogens with one attached hydrogen (secondary N) is 1. The third-order valence-corrected chi connectivity index (χ3v) is 4.75. The van der Waals surface area contributed by atoms with Gasteiger partial charge in [-0.25, -0.2) is 4.79 Å². The van der Waals surface area contributed by atoms with Crippen LogP contribution in [-0.4, -0.2) is 64.9 Å². The van der Waals surface area contributed by atoms with E-state index in [1.807, 2.05) is 18.2 Å². The molecule has 1 heterocycles. The normalized spacial score (nSPS) is 13.3. The molecule has 9 heteroatoms. The van der Waals surface area contributed by atoms with Crippen LogP contribution in [-0.2, 0) is 4.79 Å². The molecule has 0 radical (unpaired) electrons. The highest BCUT2D eigenvalue weighted by Gasteiger charge is 2.32. The molecule has 0 spiro atoms. The van der Waals surface area contributed by atoms with Gasteiger partial charge in [-0.1, -0.05) is 12.1 Å². The Balaban J connectivity index is 1.69. The monoisotopic (exact) mass is 415 g/mol. The lowest BCUT2D eigenvalue weighted by molar-refractivity contribution is -0.116. The third-order valence-electron chi connectivity index (χ3n) is 4.75. The van der Waals surface area contributed by atoms with Crippen molar-refractivity contribution in [2.75, 3.05) is 58.3 Å². The Morgan fingerprint density at radius 2 is 1.57 bits per heavy atom. The summed E-state index contributed by atoms with van der Waals surface area (Å²) in [4.78, 5) is 28.5. The summed E-state index contributed by atoms with van der Waals surface area (Å²) in [5.74, 6) is 1.55. The van der Waals surface area contributed by atoms with Crippen LogP contribution >= 0.6 is 0 Å². The van der Waals surface area contributed by atoms with E-state index in [2.05, 4.69) is 5.32 Å². The number of ether oxygens (including phenoxy) is 4. The van der Waals surface area contributed by atoms with Gasteiger partial charge in [0.1, 0.15) is 12.3 Å². The van der Waals surface area contributed by atoms with Crippen LogP contribution in [0.1, 0.15) is 0 Å². The maximum atomic E-state index is 12.8. The van der Waals surface area contributed by atoms with E-state index >= 15 is 0 Å². The number of urea groups is 1. The molecule has 160 valence electrons. The SMILES string of the molecule is COc1ccccc1N1CCN(CC(=O)Nc2cc(OC)c(OC)c(OC)c2)C1=O. The fourth-order valence-corrected chi connectivity index (χ4v) is 3.33. The van der Waals surface area contributed by atoms with E-state index in [0.29, 0.717) is 47.5 Å². The lowest BCUT2D eigenvalue weighted by Crippen LogP contribution is -2.37. The zero-order valence-corrected chi connectivity index (χ0v) is 17.4. The summed E-state index contributed by atoms with van der Waals surface area (Å²) < 4.78 is 21.2. The highest BCUT2D eigenvalue weighted by molar-refractivity contribution is 6.00. The van der Waals surface area contributed by atoms with E-state index < -0.39 is 0 Å². The van der Waals surface area contributed by atoms with Crippen molar-refractivity contribution in [1.29, 1.82) is 0 Å². The Labute approximate surface area is 175 Å². The molecule has 1 N–H and O–H groups in total. The number of methoxy groups -OCH3 is 4. The molecule has 1 fully saturated rings. The van der Waals surface area contributed by atoms with Crippen LogP contribution in [0, 0.1) is 0 Å². The Morgan fingerprint density at radius 1 is 0.933 bits per heavy atom. The Bertz CT molecular complexity index is 908. The van der Waals surface area contributed by atoms with Crippen LogP contribution in [0.2, 0.25) is 0 Å². The van der Waals surface area contributed by atoms with Crippen molar-refractivity contribution in [2.45, 2.75) is 0 Å². The van der Waals surface area contributed by atoms with E-state index in [-0.39, 0.29) is 18.5 Å². The molecule has 0 aromatic heterocycles. The van der Waals surface area contributed by atoms with Gasteiger partial charge in [-0.05, 0) is 12.1 Å². The maximum Gasteiger partial charge on any atom is 0.325 e. The van der Waals surface area contributed by atoms with Crippen LogP contribution in [0.25, 0.3) is 0 Å². The Hall–Kier alpha value is -3.62. The summed E-state index contributed by atoms with van der Waals surface area (Å²) >= 11 is 0. The van der Waals surface area contributed by atoms with Gasteiger partial charge in [0.15, 0.2) is 11.5 Å². The summed E-state index contributed by atoms with van der Waals surface area (Å²) in [7, 11) is 6.06. The number of hydrogen-bond donors (Lipinski definition) is 1. The number of anilines is 2. The van der Waals surface area contributed by atoms with Crippen molar-refractivity contribution in [1.82, 2.24) is 4.90 Å². The molecule has 0 bridgehead atoms. The van der Waals surface area contributed by atoms with E-state index in [9.17, 15) is 9.59 Å². The first-order valence-electron chi connectivity index (χ1n) is 9.31. The van der Waals surface area contributed by atoms with Gasteiger partial charge < -0.3 is 29.2 Å². The van der Waals surface area contributed by atoms with Gasteiger partial charge in [0.05, 0.1) is 34.1 Å². The predicted molar refractivity (Wildman–Crippen MR) is 112 cm³/mol. The molecule has 0 saturated carbocycles. The molecule has 2 aromatic rings. The Kier molecular flexibility index (Phi) is 6.51. The highest BCUT2D eigenvalue weighted by atomic mass is 16.5. The minimum Gasteiger partial charge on any atom is -0.495 e. The van der Waals surface area contributed by atoms with Crippen molar-refractivity contribution >= 4 is 23.3 Å². The summed E-state index contributed by atoms with van der Waals surface area (Å²) in [6, 6.07) is 10.3. The number of carbonyl (C=O) groups excluding carboxylic acids is 2. The number of amides is 3. The van der Waals surface area contributed by atoms with Gasteiger partial charge in [-0.2, -0.15) is 0 Å². The zero-order valence-electron chi connectivity index (χ0n) is 17.4. The highest BCUT2D eigenvalue weighted by Crippen LogP contribution is 2.40. The number of rotatable bonds is 8. The number of para-hydroxylation sites is 2. The fourth-order valence-electron chi connectivity index (χ4n) is 3.33. The van der Waals surface area contributed by atoms with Gasteiger partial charge in [0.2, 0.25) is 11.7 Å². The van der Waals surface area contributed by atoms with Crippen molar-refractivity contribution in [3.63, 3.8) is 0 Å². The maximum absolute atomic E-state index is 12.8. The smallest absolute Gasteiger partial charge is 0.325 e. The van der Waals surface area contributed by atoms with Crippen LogP contribution in [0.3, 0.4) is 0 Å². The van der Waals surface area contributed by atoms with Crippen LogP contribution in [0.5, 0.6) is 23.0 Å². The van der Waals surface area contributed by atoms with E-state index in [4.69, 9.17) is 18.9 Å². The van der Waals surface area contributed by atoms with Gasteiger partial charge in [0, 0.05) is 30.9 Å². The Morgan fingerprint density at radius 3 is 2.17 bits per heavy atom. The first-order chi connectivity index (χ1) is 14.5. The molecule has 0 atom stereocenters. The minimum absolute atomic E-state index is 0.0822. The van der Waals surface area contributed by atoms with Crippen molar-refractivity contribution in [3.8, 4) is 23.0 Å². The summed E-state index contributed by atoms with van der Waals surface area (Å²) in [5.41, 5.74) is 1.15. The standard InChI is InChI=1S/C21H25N3O6/c1-27-16-8-6-5-7-15(16)24-10-9-23(21(24)26)13-19(25)22-14-11-17(28-2)20(30-4)18(12-14)29-3/h5-8,11-12H,9-10,13H2,1-4H3,(H,22,25). The van der Waals surface area contributed by atoms with Gasteiger partial charge >= 0.3 is 6.03 Å². The van der Waals surface area contributed by atoms with Crippen LogP contribution in [0.15, 0.2) is 36.4 Å². The molecule has 9 nitrogen and oxygen atoms in total. The molecule has 1 aliphatic rings. The van der Waals surface area contributed by atoms with Crippen molar-refractivity contribution < 1.29 is 28.5 Å². The molecule has 0 unspecified atom stereocenters. The summed E-state index contributed by atoms with van der Waals surface area (Å²) in [6.45, 7) is 0.817. The van der Waals surface area contributed by atoms with Gasteiger partial charge in [0.25, 0.3) is 0 Å². The molecular formula is C21H25N3O6. The van der Waals surface area contributed by atoms with Crippen LogP contribution in [0.4, 0.5) is 16.2 Å². The second kappa shape index (κ2) is 9.25.